The predicted molar refractivity (Wildman–Crippen MR) is 82.1 cm³/mol. The average molecular weight is 324 g/mol. The van der Waals surface area contributed by atoms with Crippen molar-refractivity contribution in [2.75, 3.05) is 32.8 Å². The van der Waals surface area contributed by atoms with Crippen LogP contribution in [-0.4, -0.2) is 59.4 Å². The molecule has 0 radical (unpaired) electrons. The van der Waals surface area contributed by atoms with Crippen molar-refractivity contribution < 1.29 is 48.3 Å². The Morgan fingerprint density at radius 1 is 0.913 bits per heavy atom. The molecule has 6 nitrogen and oxygen atoms in total. The zero-order valence-electron chi connectivity index (χ0n) is 14.8. The third-order valence-electron chi connectivity index (χ3n) is 4.15. The van der Waals surface area contributed by atoms with Gasteiger partial charge in [0.25, 0.3) is 0 Å². The molecule has 23 heavy (non-hydrogen) atoms. The summed E-state index contributed by atoms with van der Waals surface area (Å²) in [6.45, 7) is 3.89. The monoisotopic (exact) mass is 324 g/mol. The minimum atomic E-state index is -1.13. The molecule has 0 rings (SSSR count). The number of carbonyl (C=O) groups excluding carboxylic acids is 1. The van der Waals surface area contributed by atoms with E-state index >= 15 is 0 Å². The number of carboxylic acid groups (broad SMARTS) is 2. The van der Waals surface area contributed by atoms with Crippen molar-refractivity contribution in [2.24, 2.45) is 0 Å². The van der Waals surface area contributed by atoms with Crippen LogP contribution < -0.4 is 24.0 Å². The largest absolute Gasteiger partial charge is 1.00 e. The summed E-state index contributed by atoms with van der Waals surface area (Å²) in [6, 6.07) is 0. The predicted octanol–water partition coefficient (Wildman–Crippen LogP) is -2.23. The van der Waals surface area contributed by atoms with Crippen LogP contribution in [0.5, 0.6) is 0 Å². The second-order valence-electron chi connectivity index (χ2n) is 5.99. The number of rotatable bonds is 15. The minimum absolute atomic E-state index is 0. The first-order chi connectivity index (χ1) is 10.5. The zero-order chi connectivity index (χ0) is 16.8. The molecule has 7 heteroatoms. The smallest absolute Gasteiger partial charge is 0.550 e. The molecule has 0 aromatic rings. The molecular weight excluding hydrogens is 293 g/mol. The second-order valence-corrected chi connectivity index (χ2v) is 5.99. The van der Waals surface area contributed by atoms with Gasteiger partial charge >= 0.3 is 24.8 Å². The third-order valence-corrected chi connectivity index (χ3v) is 4.15. The maximum Gasteiger partial charge on any atom is 1.00 e. The molecule has 130 valence electrons. The Kier molecular flexibility index (Phi) is 16.1. The summed E-state index contributed by atoms with van der Waals surface area (Å²) in [7, 11) is 0. The van der Waals surface area contributed by atoms with E-state index in [1.54, 1.807) is 0 Å². The van der Waals surface area contributed by atoms with Crippen molar-refractivity contribution in [1.29, 1.82) is 0 Å². The van der Waals surface area contributed by atoms with E-state index in [9.17, 15) is 19.8 Å². The van der Waals surface area contributed by atoms with Crippen LogP contribution in [0.25, 0.3) is 0 Å². The third kappa shape index (κ3) is 13.6. The van der Waals surface area contributed by atoms with Gasteiger partial charge in [0.2, 0.25) is 0 Å². The number of carbonyl (C=O) groups is 2. The summed E-state index contributed by atoms with van der Waals surface area (Å²) in [5.74, 6) is -2.02. The molecular formula is C16H31LiNO5+. The number of unbranched alkanes of at least 4 members (excludes halogenated alkanes) is 5. The van der Waals surface area contributed by atoms with Gasteiger partial charge in [0.15, 0.2) is 0 Å². The first kappa shape index (κ1) is 24.7. The molecule has 0 saturated carbocycles. The average Bonchev–Trinajstić information content (AvgIpc) is 2.46. The standard InChI is InChI=1S/C16H31NO5.Li/c1-2-3-4-5-6-7-10-17(13-14-18,11-8-15(19)20)12-9-16(21)22;/h18H,2-14H2,1H3,(H-,19,20,21,22);/q;+1. The van der Waals surface area contributed by atoms with Gasteiger partial charge < -0.3 is 24.6 Å². The van der Waals surface area contributed by atoms with E-state index in [1.165, 1.54) is 19.3 Å². The molecule has 0 aromatic heterocycles. The van der Waals surface area contributed by atoms with Gasteiger partial charge in [-0.1, -0.05) is 32.6 Å². The number of carboxylic acids is 2. The Labute approximate surface area is 151 Å². The number of aliphatic hydroxyl groups excluding tert-OH is 1. The van der Waals surface area contributed by atoms with E-state index < -0.39 is 11.9 Å². The molecule has 0 saturated heterocycles. The Bertz CT molecular complexity index is 308. The first-order valence-electron chi connectivity index (χ1n) is 8.33. The molecule has 1 unspecified atom stereocenters. The normalized spacial score (nSPS) is 13.1. The number of quaternary nitrogens is 1. The Morgan fingerprint density at radius 2 is 1.48 bits per heavy atom. The summed E-state index contributed by atoms with van der Waals surface area (Å²) in [5, 5.41) is 28.9. The fourth-order valence-corrected chi connectivity index (χ4v) is 2.77. The maximum absolute atomic E-state index is 10.8. The van der Waals surface area contributed by atoms with Crippen LogP contribution >= 0.6 is 0 Å². The number of hydrogen-bond donors (Lipinski definition) is 2. The van der Waals surface area contributed by atoms with Crippen molar-refractivity contribution in [3.63, 3.8) is 0 Å². The molecule has 0 aliphatic heterocycles. The quantitative estimate of drug-likeness (QED) is 0.202. The van der Waals surface area contributed by atoms with Gasteiger partial charge in [0.05, 0.1) is 32.7 Å². The van der Waals surface area contributed by atoms with E-state index in [0.717, 1.165) is 19.3 Å². The van der Waals surface area contributed by atoms with Crippen LogP contribution in [0, 0.1) is 0 Å². The molecule has 0 bridgehead atoms. The number of hydrogen-bond acceptors (Lipinski definition) is 4. The fraction of sp³-hybridized carbons (Fsp3) is 0.875. The van der Waals surface area contributed by atoms with Crippen molar-refractivity contribution in [2.45, 2.75) is 58.3 Å². The number of aliphatic hydroxyl groups is 1. The molecule has 0 aromatic carbocycles. The van der Waals surface area contributed by atoms with Crippen molar-refractivity contribution in [3.05, 3.63) is 0 Å². The Balaban J connectivity index is 0. The van der Waals surface area contributed by atoms with Crippen molar-refractivity contribution >= 4 is 11.9 Å². The molecule has 0 aliphatic rings. The van der Waals surface area contributed by atoms with Crippen LogP contribution in [0.4, 0.5) is 0 Å². The van der Waals surface area contributed by atoms with E-state index in [1.807, 2.05) is 0 Å². The fourth-order valence-electron chi connectivity index (χ4n) is 2.77. The topological polar surface area (TPSA) is 97.7 Å². The Morgan fingerprint density at radius 3 is 2.00 bits per heavy atom. The Hall–Kier alpha value is -0.543. The molecule has 0 aliphatic carbocycles. The van der Waals surface area contributed by atoms with Gasteiger partial charge in [-0.3, -0.25) is 4.79 Å². The van der Waals surface area contributed by atoms with Gasteiger partial charge in [-0.05, 0) is 12.8 Å². The molecule has 0 fully saturated rings. The van der Waals surface area contributed by atoms with E-state index in [4.69, 9.17) is 5.11 Å². The van der Waals surface area contributed by atoms with Gasteiger partial charge in [-0.15, -0.1) is 0 Å². The van der Waals surface area contributed by atoms with E-state index in [2.05, 4.69) is 6.92 Å². The van der Waals surface area contributed by atoms with E-state index in [-0.39, 0.29) is 38.3 Å². The molecule has 2 N–H and O–H groups in total. The summed E-state index contributed by atoms with van der Waals surface area (Å²) in [4.78, 5) is 21.6. The molecule has 0 amide bonds. The van der Waals surface area contributed by atoms with Crippen molar-refractivity contribution in [3.8, 4) is 0 Å². The van der Waals surface area contributed by atoms with Crippen LogP contribution in [0.15, 0.2) is 0 Å². The van der Waals surface area contributed by atoms with Crippen LogP contribution in [0.1, 0.15) is 58.3 Å². The summed E-state index contributed by atoms with van der Waals surface area (Å²) in [6.07, 6.45) is 6.63. The van der Waals surface area contributed by atoms with Gasteiger partial charge in [-0.25, -0.2) is 0 Å². The van der Waals surface area contributed by atoms with Crippen LogP contribution in [-0.2, 0) is 9.59 Å². The summed E-state index contributed by atoms with van der Waals surface area (Å²) in [5.41, 5.74) is 0. The van der Waals surface area contributed by atoms with E-state index in [0.29, 0.717) is 30.7 Å². The molecule has 0 heterocycles. The molecule has 0 spiro atoms. The van der Waals surface area contributed by atoms with Gasteiger partial charge in [-0.2, -0.15) is 0 Å². The van der Waals surface area contributed by atoms with Gasteiger partial charge in [0.1, 0.15) is 6.54 Å². The summed E-state index contributed by atoms with van der Waals surface area (Å²) < 4.78 is 0.352. The number of aliphatic carboxylic acids is 2. The minimum Gasteiger partial charge on any atom is -0.550 e. The zero-order valence-corrected chi connectivity index (χ0v) is 14.8. The van der Waals surface area contributed by atoms with Crippen LogP contribution in [0.2, 0.25) is 0 Å². The maximum atomic E-state index is 10.8. The van der Waals surface area contributed by atoms with Crippen molar-refractivity contribution in [1.82, 2.24) is 0 Å². The number of nitrogens with zero attached hydrogens (tertiary/aromatic N) is 1. The van der Waals surface area contributed by atoms with Gasteiger partial charge in [0, 0.05) is 12.4 Å². The van der Waals surface area contributed by atoms with Crippen LogP contribution in [0.3, 0.4) is 0 Å². The SMILES string of the molecule is CCCCCCCC[N+](CCO)(CCC(=O)[O-])CCC(=O)O.[Li+]. The molecule has 1 atom stereocenters. The summed E-state index contributed by atoms with van der Waals surface area (Å²) >= 11 is 0. The second kappa shape index (κ2) is 15.0. The first-order valence-corrected chi connectivity index (χ1v) is 8.33.